The number of benzene rings is 4. The maximum atomic E-state index is 12.2. The van der Waals surface area contributed by atoms with Crippen LogP contribution in [0.1, 0.15) is 28.7 Å². The standard InChI is InChI=1S/C31H29NO5S/c1-22-25(14-8-13-23-9-4-2-5-10-23)20-29(38(34,35)36)31(33)30(22)32-18-17-26-19-27(15-16-28(26)32)37-21-24-11-6-3-7-12-24/h2-7,9-12,15-20,33H,8,13-14,21H2,1H3,(H,34,35,36). The van der Waals surface area contributed by atoms with Crippen LogP contribution in [0.2, 0.25) is 0 Å². The average Bonchev–Trinajstić information content (AvgIpc) is 3.32. The number of nitrogens with zero attached hydrogens (tertiary/aromatic N) is 1. The smallest absolute Gasteiger partial charge is 0.298 e. The molecule has 0 saturated carbocycles. The molecule has 0 aliphatic carbocycles. The molecule has 5 aromatic rings. The van der Waals surface area contributed by atoms with Crippen LogP contribution in [0.5, 0.6) is 11.5 Å². The second kappa shape index (κ2) is 10.7. The molecule has 2 N–H and O–H groups in total. The monoisotopic (exact) mass is 527 g/mol. The van der Waals surface area contributed by atoms with E-state index in [9.17, 15) is 18.1 Å². The average molecular weight is 528 g/mol. The van der Waals surface area contributed by atoms with Crippen molar-refractivity contribution in [2.45, 2.75) is 37.7 Å². The van der Waals surface area contributed by atoms with Crippen LogP contribution in [0, 0.1) is 6.92 Å². The lowest BCUT2D eigenvalue weighted by Crippen LogP contribution is -2.07. The Kier molecular flexibility index (Phi) is 7.22. The highest BCUT2D eigenvalue weighted by atomic mass is 32.2. The fourth-order valence-electron chi connectivity index (χ4n) is 4.81. The van der Waals surface area contributed by atoms with E-state index in [0.29, 0.717) is 24.5 Å². The van der Waals surface area contributed by atoms with Crippen molar-refractivity contribution in [2.75, 3.05) is 0 Å². The Labute approximate surface area is 222 Å². The van der Waals surface area contributed by atoms with Gasteiger partial charge in [-0.1, -0.05) is 60.7 Å². The van der Waals surface area contributed by atoms with E-state index in [1.54, 1.807) is 10.8 Å². The van der Waals surface area contributed by atoms with E-state index in [2.05, 4.69) is 12.1 Å². The van der Waals surface area contributed by atoms with Gasteiger partial charge in [0.25, 0.3) is 10.1 Å². The number of aromatic nitrogens is 1. The number of fused-ring (bicyclic) bond motifs is 1. The fraction of sp³-hybridized carbons (Fsp3) is 0.161. The summed E-state index contributed by atoms with van der Waals surface area (Å²) in [5, 5.41) is 11.9. The molecular formula is C31H29NO5S. The van der Waals surface area contributed by atoms with Crippen LogP contribution >= 0.6 is 0 Å². The summed E-state index contributed by atoms with van der Waals surface area (Å²) in [4.78, 5) is -0.488. The SMILES string of the molecule is Cc1c(CCCc2ccccc2)cc(S(=O)(=O)O)c(O)c1-n1ccc2cc(OCc3ccccc3)ccc21. The second-order valence-corrected chi connectivity index (χ2v) is 10.7. The van der Waals surface area contributed by atoms with Crippen molar-refractivity contribution in [3.05, 3.63) is 119 Å². The molecule has 0 atom stereocenters. The third kappa shape index (κ3) is 5.44. The Morgan fingerprint density at radius 1 is 0.842 bits per heavy atom. The molecule has 0 unspecified atom stereocenters. The van der Waals surface area contributed by atoms with Crippen molar-refractivity contribution in [3.63, 3.8) is 0 Å². The highest BCUT2D eigenvalue weighted by molar-refractivity contribution is 7.86. The maximum absolute atomic E-state index is 12.2. The number of ether oxygens (including phenoxy) is 1. The van der Waals surface area contributed by atoms with Crippen LogP contribution in [-0.4, -0.2) is 22.6 Å². The van der Waals surface area contributed by atoms with E-state index >= 15 is 0 Å². The van der Waals surface area contributed by atoms with Crippen molar-refractivity contribution in [1.82, 2.24) is 4.57 Å². The van der Waals surface area contributed by atoms with Crippen molar-refractivity contribution in [1.29, 1.82) is 0 Å². The summed E-state index contributed by atoms with van der Waals surface area (Å²) in [6.07, 6.45) is 3.99. The molecule has 0 amide bonds. The minimum Gasteiger partial charge on any atom is -0.504 e. The highest BCUT2D eigenvalue weighted by Gasteiger charge is 2.24. The third-order valence-corrected chi connectivity index (χ3v) is 7.65. The summed E-state index contributed by atoms with van der Waals surface area (Å²) >= 11 is 0. The van der Waals surface area contributed by atoms with Crippen molar-refractivity contribution < 1.29 is 22.8 Å². The van der Waals surface area contributed by atoms with Crippen molar-refractivity contribution in [2.24, 2.45) is 0 Å². The summed E-state index contributed by atoms with van der Waals surface area (Å²) in [6.45, 7) is 2.31. The first-order valence-electron chi connectivity index (χ1n) is 12.5. The number of rotatable bonds is 9. The first-order chi connectivity index (χ1) is 18.3. The quantitative estimate of drug-likeness (QED) is 0.210. The number of aryl methyl sites for hydroxylation is 2. The summed E-state index contributed by atoms with van der Waals surface area (Å²) < 4.78 is 42.0. The van der Waals surface area contributed by atoms with Crippen molar-refractivity contribution >= 4 is 21.0 Å². The number of hydrogen-bond donors (Lipinski definition) is 2. The molecule has 5 rings (SSSR count). The Hall–Kier alpha value is -4.07. The molecule has 194 valence electrons. The molecule has 0 fully saturated rings. The second-order valence-electron chi connectivity index (χ2n) is 9.35. The van der Waals surface area contributed by atoms with Gasteiger partial charge in [0.15, 0.2) is 5.75 Å². The molecule has 0 radical (unpaired) electrons. The summed E-state index contributed by atoms with van der Waals surface area (Å²) in [5.41, 5.74) is 4.88. The van der Waals surface area contributed by atoms with Gasteiger partial charge in [0, 0.05) is 11.6 Å². The topological polar surface area (TPSA) is 88.8 Å². The van der Waals surface area contributed by atoms with E-state index in [-0.39, 0.29) is 0 Å². The normalized spacial score (nSPS) is 11.6. The van der Waals surface area contributed by atoms with Crippen LogP contribution in [0.15, 0.2) is 102 Å². The lowest BCUT2D eigenvalue weighted by Gasteiger charge is -2.18. The highest BCUT2D eigenvalue weighted by Crippen LogP contribution is 2.38. The van der Waals surface area contributed by atoms with Crippen LogP contribution in [0.4, 0.5) is 0 Å². The molecule has 7 heteroatoms. The summed E-state index contributed by atoms with van der Waals surface area (Å²) in [7, 11) is -4.64. The van der Waals surface area contributed by atoms with Gasteiger partial charge < -0.3 is 14.4 Å². The molecule has 4 aromatic carbocycles. The summed E-state index contributed by atoms with van der Waals surface area (Å²) in [6, 6.07) is 28.9. The van der Waals surface area contributed by atoms with Crippen molar-refractivity contribution in [3.8, 4) is 17.2 Å². The van der Waals surface area contributed by atoms with Gasteiger partial charge in [0.1, 0.15) is 17.3 Å². The zero-order valence-electron chi connectivity index (χ0n) is 21.0. The molecule has 6 nitrogen and oxygen atoms in total. The zero-order chi connectivity index (χ0) is 26.7. The van der Waals surface area contributed by atoms with Gasteiger partial charge in [-0.3, -0.25) is 4.55 Å². The molecule has 0 spiro atoms. The Balaban J connectivity index is 1.48. The molecule has 1 heterocycles. The largest absolute Gasteiger partial charge is 0.504 e. The lowest BCUT2D eigenvalue weighted by molar-refractivity contribution is 0.306. The predicted molar refractivity (Wildman–Crippen MR) is 149 cm³/mol. The van der Waals surface area contributed by atoms with Gasteiger partial charge in [-0.25, -0.2) is 0 Å². The lowest BCUT2D eigenvalue weighted by atomic mass is 9.98. The summed E-state index contributed by atoms with van der Waals surface area (Å²) in [5.74, 6) is 0.229. The molecule has 38 heavy (non-hydrogen) atoms. The van der Waals surface area contributed by atoms with E-state index < -0.39 is 20.8 Å². The first kappa shape index (κ1) is 25.6. The minimum atomic E-state index is -4.64. The number of hydrogen-bond acceptors (Lipinski definition) is 4. The molecule has 0 aliphatic rings. The number of phenolic OH excluding ortho intramolecular Hbond substituents is 1. The van der Waals surface area contributed by atoms with Gasteiger partial charge in [-0.2, -0.15) is 8.42 Å². The van der Waals surface area contributed by atoms with Gasteiger partial charge in [0.05, 0.1) is 11.2 Å². The molecule has 1 aromatic heterocycles. The van der Waals surface area contributed by atoms with E-state index in [1.807, 2.05) is 79.7 Å². The fourth-order valence-corrected chi connectivity index (χ4v) is 5.44. The van der Waals surface area contributed by atoms with Gasteiger partial charge in [-0.05, 0) is 78.8 Å². The Morgan fingerprint density at radius 3 is 2.21 bits per heavy atom. The molecule has 0 aliphatic heterocycles. The van der Waals surface area contributed by atoms with Crippen LogP contribution < -0.4 is 4.74 Å². The number of aromatic hydroxyl groups is 1. The molecule has 0 saturated heterocycles. The van der Waals surface area contributed by atoms with E-state index in [0.717, 1.165) is 40.4 Å². The molecular weight excluding hydrogens is 498 g/mol. The van der Waals surface area contributed by atoms with Crippen LogP contribution in [0.3, 0.4) is 0 Å². The minimum absolute atomic E-state index is 0.336. The van der Waals surface area contributed by atoms with Gasteiger partial charge >= 0.3 is 0 Å². The maximum Gasteiger partial charge on any atom is 0.298 e. The van der Waals surface area contributed by atoms with Gasteiger partial charge in [-0.15, -0.1) is 0 Å². The zero-order valence-corrected chi connectivity index (χ0v) is 21.9. The first-order valence-corrected chi connectivity index (χ1v) is 13.9. The molecule has 0 bridgehead atoms. The van der Waals surface area contributed by atoms with E-state index in [4.69, 9.17) is 4.74 Å². The van der Waals surface area contributed by atoms with Crippen LogP contribution in [0.25, 0.3) is 16.6 Å². The Morgan fingerprint density at radius 2 is 1.53 bits per heavy atom. The third-order valence-electron chi connectivity index (χ3n) is 6.78. The van der Waals surface area contributed by atoms with E-state index in [1.165, 1.54) is 11.6 Å². The Bertz CT molecular complexity index is 1680. The predicted octanol–water partition coefficient (Wildman–Crippen LogP) is 6.65. The van der Waals surface area contributed by atoms with Crippen LogP contribution in [-0.2, 0) is 29.6 Å². The number of phenols is 1. The van der Waals surface area contributed by atoms with Gasteiger partial charge in [0.2, 0.25) is 0 Å².